The third kappa shape index (κ3) is 4.24. The first-order valence-electron chi connectivity index (χ1n) is 7.73. The SMILES string of the molecule is COc1cc([C@@H]2NC[C@@H](C(=O)O)S2)ccc1OCc1ccc(F)cc1. The fourth-order valence-corrected chi connectivity index (χ4v) is 3.66. The molecule has 1 fully saturated rings. The van der Waals surface area contributed by atoms with Gasteiger partial charge in [0.1, 0.15) is 17.7 Å². The molecular weight excluding hydrogens is 345 g/mol. The topological polar surface area (TPSA) is 67.8 Å². The standard InChI is InChI=1S/C18H18FNO4S/c1-23-15-8-12(17-20-9-16(25-17)18(21)22)4-7-14(15)24-10-11-2-5-13(19)6-3-11/h2-8,16-17,20H,9-10H2,1H3,(H,21,22)/t16-,17+/m0/s1. The van der Waals surface area contributed by atoms with Crippen molar-refractivity contribution < 1.29 is 23.8 Å². The summed E-state index contributed by atoms with van der Waals surface area (Å²) in [5, 5.41) is 11.7. The van der Waals surface area contributed by atoms with E-state index in [0.717, 1.165) is 11.1 Å². The molecule has 0 spiro atoms. The van der Waals surface area contributed by atoms with Gasteiger partial charge in [0.05, 0.1) is 12.5 Å². The number of carboxylic acid groups (broad SMARTS) is 1. The summed E-state index contributed by atoms with van der Waals surface area (Å²) in [6.07, 6.45) is 0. The van der Waals surface area contributed by atoms with Crippen LogP contribution in [0.4, 0.5) is 4.39 Å². The molecule has 0 radical (unpaired) electrons. The number of hydrogen-bond acceptors (Lipinski definition) is 5. The Kier molecular flexibility index (Phi) is 5.45. The Hall–Kier alpha value is -2.25. The first-order valence-corrected chi connectivity index (χ1v) is 8.68. The van der Waals surface area contributed by atoms with Crippen molar-refractivity contribution in [2.24, 2.45) is 0 Å². The first kappa shape index (κ1) is 17.6. The fourth-order valence-electron chi connectivity index (χ4n) is 2.52. The number of ether oxygens (including phenoxy) is 2. The van der Waals surface area contributed by atoms with Crippen LogP contribution in [0.25, 0.3) is 0 Å². The van der Waals surface area contributed by atoms with Crippen LogP contribution in [-0.4, -0.2) is 30.0 Å². The molecule has 25 heavy (non-hydrogen) atoms. The summed E-state index contributed by atoms with van der Waals surface area (Å²) < 4.78 is 24.1. The number of hydrogen-bond donors (Lipinski definition) is 2. The van der Waals surface area contributed by atoms with Gasteiger partial charge in [-0.25, -0.2) is 4.39 Å². The minimum absolute atomic E-state index is 0.0962. The molecule has 1 saturated heterocycles. The van der Waals surface area contributed by atoms with E-state index >= 15 is 0 Å². The molecule has 1 aliphatic rings. The van der Waals surface area contributed by atoms with Crippen molar-refractivity contribution in [1.82, 2.24) is 5.32 Å². The second-order valence-corrected chi connectivity index (χ2v) is 6.89. The van der Waals surface area contributed by atoms with E-state index in [4.69, 9.17) is 14.6 Å². The molecular formula is C18H18FNO4S. The van der Waals surface area contributed by atoms with E-state index in [1.165, 1.54) is 23.9 Å². The molecule has 2 aromatic rings. The molecule has 7 heteroatoms. The van der Waals surface area contributed by atoms with Gasteiger partial charge in [-0.05, 0) is 35.4 Å². The van der Waals surface area contributed by atoms with Crippen LogP contribution in [0, 0.1) is 5.82 Å². The molecule has 2 N–H and O–H groups in total. The van der Waals surface area contributed by atoms with Gasteiger partial charge in [0, 0.05) is 6.54 Å². The van der Waals surface area contributed by atoms with Crippen LogP contribution < -0.4 is 14.8 Å². The van der Waals surface area contributed by atoms with Crippen LogP contribution in [-0.2, 0) is 11.4 Å². The molecule has 0 aliphatic carbocycles. The van der Waals surface area contributed by atoms with Gasteiger partial charge in [-0.2, -0.15) is 0 Å². The molecule has 5 nitrogen and oxygen atoms in total. The first-order chi connectivity index (χ1) is 12.1. The van der Waals surface area contributed by atoms with Crippen molar-refractivity contribution in [1.29, 1.82) is 0 Å². The number of rotatable bonds is 6. The van der Waals surface area contributed by atoms with Gasteiger partial charge in [0.15, 0.2) is 11.5 Å². The number of aliphatic carboxylic acids is 1. The van der Waals surface area contributed by atoms with Crippen LogP contribution in [0.2, 0.25) is 0 Å². The third-order valence-electron chi connectivity index (χ3n) is 3.86. The van der Waals surface area contributed by atoms with Crippen LogP contribution in [0.15, 0.2) is 42.5 Å². The lowest BCUT2D eigenvalue weighted by molar-refractivity contribution is -0.136. The van der Waals surface area contributed by atoms with E-state index in [-0.39, 0.29) is 11.2 Å². The number of carboxylic acids is 1. The van der Waals surface area contributed by atoms with Crippen LogP contribution in [0.5, 0.6) is 11.5 Å². The lowest BCUT2D eigenvalue weighted by atomic mass is 10.2. The van der Waals surface area contributed by atoms with Gasteiger partial charge in [-0.3, -0.25) is 10.1 Å². The number of benzene rings is 2. The summed E-state index contributed by atoms with van der Waals surface area (Å²) >= 11 is 1.37. The molecule has 2 aromatic carbocycles. The Morgan fingerprint density at radius 1 is 1.28 bits per heavy atom. The Labute approximate surface area is 149 Å². The summed E-state index contributed by atoms with van der Waals surface area (Å²) in [6, 6.07) is 11.6. The van der Waals surface area contributed by atoms with Crippen LogP contribution in [0.1, 0.15) is 16.5 Å². The monoisotopic (exact) mass is 363 g/mol. The molecule has 0 amide bonds. The van der Waals surface area contributed by atoms with Gasteiger partial charge in [0.2, 0.25) is 0 Å². The summed E-state index contributed by atoms with van der Waals surface area (Å²) in [5.74, 6) is 0.0484. The maximum Gasteiger partial charge on any atom is 0.318 e. The maximum absolute atomic E-state index is 12.9. The zero-order valence-corrected chi connectivity index (χ0v) is 14.4. The van der Waals surface area contributed by atoms with Crippen molar-refractivity contribution in [2.45, 2.75) is 17.2 Å². The Morgan fingerprint density at radius 2 is 2.04 bits per heavy atom. The van der Waals surface area contributed by atoms with E-state index in [2.05, 4.69) is 5.32 Å². The van der Waals surface area contributed by atoms with Crippen molar-refractivity contribution in [2.75, 3.05) is 13.7 Å². The summed E-state index contributed by atoms with van der Waals surface area (Å²) in [7, 11) is 1.55. The van der Waals surface area contributed by atoms with Gasteiger partial charge >= 0.3 is 5.97 Å². The molecule has 3 rings (SSSR count). The third-order valence-corrected chi connectivity index (χ3v) is 5.27. The average molecular weight is 363 g/mol. The number of nitrogens with one attached hydrogen (secondary N) is 1. The van der Waals surface area contributed by atoms with Gasteiger partial charge in [-0.15, -0.1) is 11.8 Å². The summed E-state index contributed by atoms with van der Waals surface area (Å²) in [6.45, 7) is 0.725. The second-order valence-electron chi connectivity index (χ2n) is 5.58. The van der Waals surface area contributed by atoms with Crippen LogP contribution in [0.3, 0.4) is 0 Å². The van der Waals surface area contributed by atoms with Crippen molar-refractivity contribution in [3.63, 3.8) is 0 Å². The van der Waals surface area contributed by atoms with E-state index < -0.39 is 11.2 Å². The molecule has 0 aromatic heterocycles. The smallest absolute Gasteiger partial charge is 0.318 e. The normalized spacial score (nSPS) is 19.6. The second kappa shape index (κ2) is 7.76. The predicted octanol–water partition coefficient (Wildman–Crippen LogP) is 3.20. The highest BCUT2D eigenvalue weighted by molar-refractivity contribution is 8.01. The minimum atomic E-state index is -0.814. The van der Waals surface area contributed by atoms with Gasteiger partial charge < -0.3 is 14.6 Å². The maximum atomic E-state index is 12.9. The largest absolute Gasteiger partial charge is 0.493 e. The fraction of sp³-hybridized carbons (Fsp3) is 0.278. The van der Waals surface area contributed by atoms with E-state index in [9.17, 15) is 9.18 Å². The summed E-state index contributed by atoms with van der Waals surface area (Å²) in [4.78, 5) is 11.1. The van der Waals surface area contributed by atoms with Crippen LogP contribution >= 0.6 is 11.8 Å². The van der Waals surface area contributed by atoms with E-state index in [0.29, 0.717) is 24.7 Å². The van der Waals surface area contributed by atoms with Crippen molar-refractivity contribution in [3.05, 3.63) is 59.4 Å². The highest BCUT2D eigenvalue weighted by Crippen LogP contribution is 2.38. The molecule has 0 bridgehead atoms. The minimum Gasteiger partial charge on any atom is -0.493 e. The molecule has 132 valence electrons. The van der Waals surface area contributed by atoms with Crippen molar-refractivity contribution >= 4 is 17.7 Å². The Balaban J connectivity index is 1.69. The zero-order chi connectivity index (χ0) is 17.8. The molecule has 2 atom stereocenters. The molecule has 1 aliphatic heterocycles. The summed E-state index contributed by atoms with van der Waals surface area (Å²) in [5.41, 5.74) is 1.78. The lowest BCUT2D eigenvalue weighted by Gasteiger charge is -2.15. The highest BCUT2D eigenvalue weighted by atomic mass is 32.2. The molecule has 0 saturated carbocycles. The molecule has 0 unspecified atom stereocenters. The van der Waals surface area contributed by atoms with Crippen molar-refractivity contribution in [3.8, 4) is 11.5 Å². The van der Waals surface area contributed by atoms with E-state index in [1.54, 1.807) is 25.3 Å². The Morgan fingerprint density at radius 3 is 2.68 bits per heavy atom. The number of thioether (sulfide) groups is 1. The lowest BCUT2D eigenvalue weighted by Crippen LogP contribution is -2.21. The van der Waals surface area contributed by atoms with E-state index in [1.807, 2.05) is 12.1 Å². The predicted molar refractivity (Wildman–Crippen MR) is 93.5 cm³/mol. The number of halogens is 1. The quantitative estimate of drug-likeness (QED) is 0.822. The number of carbonyl (C=O) groups is 1. The van der Waals surface area contributed by atoms with Gasteiger partial charge in [-0.1, -0.05) is 18.2 Å². The molecule has 1 heterocycles. The number of methoxy groups -OCH3 is 1. The highest BCUT2D eigenvalue weighted by Gasteiger charge is 2.31. The Bertz CT molecular complexity index is 753. The van der Waals surface area contributed by atoms with Gasteiger partial charge in [0.25, 0.3) is 0 Å². The zero-order valence-electron chi connectivity index (χ0n) is 13.6. The average Bonchev–Trinajstić information content (AvgIpc) is 3.11.